The zero-order valence-electron chi connectivity index (χ0n) is 56.9. The Morgan fingerprint density at radius 2 is 0.724 bits per heavy atom. The fraction of sp³-hybridized carbons (Fsp3) is 0.452. The van der Waals surface area contributed by atoms with Crippen molar-refractivity contribution in [1.82, 2.24) is 30.0 Å². The number of carbonyl (C=O) groups excluding carboxylic acids is 2. The van der Waals surface area contributed by atoms with E-state index >= 15 is 0 Å². The Bertz CT molecular complexity index is 3500. The normalized spacial score (nSPS) is 14.1. The van der Waals surface area contributed by atoms with Crippen LogP contribution in [0, 0.1) is 10.8 Å². The largest absolute Gasteiger partial charge is 2.00 e. The van der Waals surface area contributed by atoms with Gasteiger partial charge in [0, 0.05) is 65.2 Å². The summed E-state index contributed by atoms with van der Waals surface area (Å²) in [5.41, 5.74) is 4.20. The van der Waals surface area contributed by atoms with Gasteiger partial charge in [0.1, 0.15) is 22.1 Å². The summed E-state index contributed by atoms with van der Waals surface area (Å²) in [6.07, 6.45) is 4.59. The summed E-state index contributed by atoms with van der Waals surface area (Å²) in [5, 5.41) is 66.6. The quantitative estimate of drug-likeness (QED) is 0.0560. The van der Waals surface area contributed by atoms with E-state index in [9.17, 15) is 56.4 Å². The Kier molecular flexibility index (Phi) is 31.8. The molecule has 2 radical (unpaired) electrons. The number of halogens is 6. The third-order valence-electron chi connectivity index (χ3n) is 15.1. The second kappa shape index (κ2) is 37.6. The van der Waals surface area contributed by atoms with Crippen molar-refractivity contribution in [3.05, 3.63) is 166 Å². The summed E-state index contributed by atoms with van der Waals surface area (Å²) < 4.78 is 86.6. The molecule has 6 aromatic carbocycles. The first-order valence-corrected chi connectivity index (χ1v) is 32.0. The Morgan fingerprint density at radius 3 is 0.949 bits per heavy atom. The van der Waals surface area contributed by atoms with E-state index in [-0.39, 0.29) is 77.8 Å². The van der Waals surface area contributed by atoms with Crippen molar-refractivity contribution < 1.29 is 104 Å². The fourth-order valence-corrected chi connectivity index (χ4v) is 11.0. The van der Waals surface area contributed by atoms with Crippen LogP contribution in [0.3, 0.4) is 0 Å². The maximum atomic E-state index is 13.9. The van der Waals surface area contributed by atoms with Gasteiger partial charge in [0.05, 0.1) is 34.4 Å². The number of hydrogen-bond donors (Lipinski definition) is 0. The molecule has 532 valence electrons. The van der Waals surface area contributed by atoms with Gasteiger partial charge in [-0.3, -0.25) is 9.98 Å². The van der Waals surface area contributed by atoms with Gasteiger partial charge in [0.25, 0.3) is 0 Å². The van der Waals surface area contributed by atoms with Crippen molar-refractivity contribution in [1.29, 1.82) is 0 Å². The molecule has 11 rings (SSSR count). The molecular formula is C73H86Co2F6N8O9. The Balaban J connectivity index is 0.000000376. The van der Waals surface area contributed by atoms with Crippen molar-refractivity contribution in [3.8, 4) is 22.9 Å². The number of benzene rings is 6. The van der Waals surface area contributed by atoms with E-state index in [1.807, 2.05) is 72.8 Å². The molecule has 5 heterocycles. The Hall–Kier alpha value is -7.53. The van der Waals surface area contributed by atoms with E-state index < -0.39 is 35.4 Å². The van der Waals surface area contributed by atoms with E-state index in [2.05, 4.69) is 99.6 Å². The summed E-state index contributed by atoms with van der Waals surface area (Å²) >= 11 is 0. The number of rotatable bonds is 14. The van der Waals surface area contributed by atoms with Gasteiger partial charge in [-0.25, -0.2) is 0 Å². The summed E-state index contributed by atoms with van der Waals surface area (Å²) in [6.45, 7) is 29.1. The number of aromatic nitrogens is 6. The number of carboxylic acids is 2. The SMILES string of the molecule is C1CCOC1.C1CCOC1.C1CCOC1.CC(C)(C)CC(C)(C)c1cc(C=NCCCN=Cc2cc(C(C)(C)CC(C)(C)C)cc(-n3nc4ccccc4n3)c2[O-])c([O-])c(-n2nc3ccccc3n2)c1.O=C([O-])c1ccc(C(F)(F)F)cc1.O=C([O-])c1ccc(C(F)(F)F)cc1.[Co+2].[Co+2]. The van der Waals surface area contributed by atoms with Crippen LogP contribution in [0.1, 0.15) is 181 Å². The third kappa shape index (κ3) is 26.6. The van der Waals surface area contributed by atoms with E-state index in [4.69, 9.17) is 14.2 Å². The number of ether oxygens (including phenoxy) is 3. The van der Waals surface area contributed by atoms with Gasteiger partial charge >= 0.3 is 45.9 Å². The van der Waals surface area contributed by atoms with Crippen molar-refractivity contribution in [2.45, 2.75) is 150 Å². The topological polar surface area (TPSA) is 240 Å². The van der Waals surface area contributed by atoms with Crippen LogP contribution in [-0.2, 0) is 71.0 Å². The molecule has 0 atom stereocenters. The molecular weight excluding hydrogens is 1360 g/mol. The van der Waals surface area contributed by atoms with Crippen LogP contribution in [0.5, 0.6) is 11.5 Å². The van der Waals surface area contributed by atoms with Crippen LogP contribution < -0.4 is 20.4 Å². The molecule has 3 fully saturated rings. The first-order chi connectivity index (χ1) is 45.1. The van der Waals surface area contributed by atoms with Gasteiger partial charge in [-0.1, -0.05) is 141 Å². The molecule has 98 heavy (non-hydrogen) atoms. The summed E-state index contributed by atoms with van der Waals surface area (Å²) in [6, 6.07) is 29.2. The molecule has 0 bridgehead atoms. The summed E-state index contributed by atoms with van der Waals surface area (Å²) in [4.78, 5) is 32.6. The van der Waals surface area contributed by atoms with Gasteiger partial charge in [-0.2, -0.15) is 35.9 Å². The molecule has 0 unspecified atom stereocenters. The zero-order valence-corrected chi connectivity index (χ0v) is 59.0. The molecule has 3 aliphatic heterocycles. The minimum Gasteiger partial charge on any atom is -0.871 e. The molecule has 3 saturated heterocycles. The average molecular weight is 1450 g/mol. The van der Waals surface area contributed by atoms with E-state index in [0.29, 0.717) is 66.3 Å². The van der Waals surface area contributed by atoms with Crippen LogP contribution in [-0.4, -0.2) is 107 Å². The Labute approximate surface area is 589 Å². The first kappa shape index (κ1) is 82.9. The summed E-state index contributed by atoms with van der Waals surface area (Å²) in [5.74, 6) is -3.34. The standard InChI is InChI=1S/C45H56N8O2.2C8H5F3O2.3C4H8O.2Co/c1-42(2,3)28-44(7,8)32-22-30(40(54)38(24-32)52-48-34-16-11-12-17-35(34)49-52)26-46-20-15-21-47-27-31-23-33(45(9,10)29-43(4,5)6)25-39(41(31)55)53-50-36-18-13-14-19-37(36)51-53;2*9-8(10,11)6-3-1-5(2-4-6)7(12)13;3*1-2-4-5-3-1;;/h11-14,16-19,22-27,54-55H,15,20-21,28-29H2,1-10H3;2*1-4H,(H,12,13);3*1-4H2;;/q;;;;;;2*+2/p-4. The zero-order chi connectivity index (χ0) is 70.5. The number of hydrogen-bond acceptors (Lipinski definition) is 15. The first-order valence-electron chi connectivity index (χ1n) is 32.0. The van der Waals surface area contributed by atoms with Crippen LogP contribution in [0.2, 0.25) is 0 Å². The predicted molar refractivity (Wildman–Crippen MR) is 352 cm³/mol. The van der Waals surface area contributed by atoms with Gasteiger partial charge in [-0.15, -0.1) is 20.4 Å². The average Bonchev–Trinajstić information content (AvgIpc) is 1.41. The van der Waals surface area contributed by atoms with Crippen LogP contribution in [0.4, 0.5) is 26.3 Å². The van der Waals surface area contributed by atoms with Crippen molar-refractivity contribution in [2.75, 3.05) is 52.7 Å². The number of carbonyl (C=O) groups is 2. The molecule has 17 nitrogen and oxygen atoms in total. The molecule has 25 heteroatoms. The summed E-state index contributed by atoms with van der Waals surface area (Å²) in [7, 11) is 0. The van der Waals surface area contributed by atoms with E-state index in [0.717, 1.165) is 110 Å². The second-order valence-electron chi connectivity index (χ2n) is 27.1. The van der Waals surface area contributed by atoms with Gasteiger partial charge < -0.3 is 44.2 Å². The van der Waals surface area contributed by atoms with Gasteiger partial charge in [-0.05, 0) is 173 Å². The molecule has 3 aliphatic rings. The van der Waals surface area contributed by atoms with Crippen LogP contribution in [0.15, 0.2) is 131 Å². The minimum absolute atomic E-state index is 0. The number of aliphatic imine (C=N–C) groups is 2. The van der Waals surface area contributed by atoms with Crippen LogP contribution >= 0.6 is 0 Å². The van der Waals surface area contributed by atoms with Gasteiger partial charge in [0.2, 0.25) is 0 Å². The maximum Gasteiger partial charge on any atom is 2.00 e. The second-order valence-corrected chi connectivity index (χ2v) is 27.1. The van der Waals surface area contributed by atoms with Crippen molar-refractivity contribution >= 4 is 46.4 Å². The minimum atomic E-state index is -4.44. The molecule has 2 aromatic heterocycles. The Morgan fingerprint density at radius 1 is 0.449 bits per heavy atom. The van der Waals surface area contributed by atoms with E-state index in [1.54, 1.807) is 12.4 Å². The molecule has 0 saturated carbocycles. The van der Waals surface area contributed by atoms with Crippen molar-refractivity contribution in [2.24, 2.45) is 20.8 Å². The molecule has 0 spiro atoms. The van der Waals surface area contributed by atoms with Gasteiger partial charge in [0.15, 0.2) is 0 Å². The molecule has 0 aliphatic carbocycles. The number of carboxylic acid groups (broad SMARTS) is 2. The molecule has 8 aromatic rings. The molecule has 0 N–H and O–H groups in total. The fourth-order valence-electron chi connectivity index (χ4n) is 11.0. The number of aromatic carboxylic acids is 2. The predicted octanol–water partition coefficient (Wildman–Crippen LogP) is 13.2. The number of nitrogens with zero attached hydrogens (tertiary/aromatic N) is 8. The molecule has 0 amide bonds. The van der Waals surface area contributed by atoms with Crippen molar-refractivity contribution in [3.63, 3.8) is 0 Å². The number of fused-ring (bicyclic) bond motifs is 2. The van der Waals surface area contributed by atoms with E-state index in [1.165, 1.54) is 48.1 Å². The number of alkyl halides is 6. The third-order valence-corrected chi connectivity index (χ3v) is 15.1. The monoisotopic (exact) mass is 1450 g/mol. The smallest absolute Gasteiger partial charge is 0.871 e. The maximum absolute atomic E-state index is 13.9. The van der Waals surface area contributed by atoms with Crippen LogP contribution in [0.25, 0.3) is 33.4 Å².